The number of benzene rings is 1. The summed E-state index contributed by atoms with van der Waals surface area (Å²) in [5.74, 6) is 0. The first kappa shape index (κ1) is 16.7. The Morgan fingerprint density at radius 2 is 1.65 bits per heavy atom. The number of aliphatic hydroxyl groups excluding tert-OH is 1. The molecule has 1 nitrogen and oxygen atoms in total. The largest absolute Gasteiger partial charge is 0.392 e. The predicted octanol–water partition coefficient (Wildman–Crippen LogP) is 4.85. The van der Waals surface area contributed by atoms with Crippen molar-refractivity contribution in [3.63, 3.8) is 0 Å². The van der Waals surface area contributed by atoms with Crippen molar-refractivity contribution in [3.05, 3.63) is 58.7 Å². The zero-order valence-electron chi connectivity index (χ0n) is 13.2. The number of aryl methyl sites for hydroxylation is 2. The summed E-state index contributed by atoms with van der Waals surface area (Å²) in [5, 5.41) is 8.55. The molecule has 0 saturated carbocycles. The van der Waals surface area contributed by atoms with Gasteiger partial charge in [-0.25, -0.2) is 0 Å². The second kappa shape index (κ2) is 9.55. The Balaban J connectivity index is 0.000000202. The van der Waals surface area contributed by atoms with E-state index in [1.165, 1.54) is 30.4 Å². The van der Waals surface area contributed by atoms with Crippen LogP contribution in [0.5, 0.6) is 0 Å². The molecule has 1 heteroatoms. The molecule has 1 aromatic rings. The summed E-state index contributed by atoms with van der Waals surface area (Å²) < 4.78 is 0. The lowest BCUT2D eigenvalue weighted by atomic mass is 10.1. The van der Waals surface area contributed by atoms with Gasteiger partial charge in [0, 0.05) is 0 Å². The highest BCUT2D eigenvalue weighted by molar-refractivity contribution is 5.30. The van der Waals surface area contributed by atoms with E-state index in [2.05, 4.69) is 51.1 Å². The quantitative estimate of drug-likeness (QED) is 0.777. The number of rotatable bonds is 4. The normalized spacial score (nSPS) is 13.3. The zero-order chi connectivity index (χ0) is 14.8. The molecular formula is C19H28O. The number of hydrogen-bond acceptors (Lipinski definition) is 1. The maximum absolute atomic E-state index is 8.55. The standard InChI is InChI=1S/C10H18O.C9H10/c1-9(2)5-4-6-10(3)7-8-11;1-2-5-9-7-3-6-8(9)4-1/h5,7,11H,4,6,8H2,1-3H3;1-2,4-5H,3,6-7H2/b10-7-;. The minimum atomic E-state index is 0.167. The molecule has 1 aliphatic carbocycles. The third-order valence-electron chi connectivity index (χ3n) is 3.54. The highest BCUT2D eigenvalue weighted by atomic mass is 16.2. The molecule has 1 N–H and O–H groups in total. The van der Waals surface area contributed by atoms with Gasteiger partial charge in [-0.1, -0.05) is 47.6 Å². The topological polar surface area (TPSA) is 20.2 Å². The summed E-state index contributed by atoms with van der Waals surface area (Å²) in [6, 6.07) is 8.74. The van der Waals surface area contributed by atoms with E-state index in [1.54, 1.807) is 11.1 Å². The smallest absolute Gasteiger partial charge is 0.0614 e. The van der Waals surface area contributed by atoms with Crippen LogP contribution in [0, 0.1) is 0 Å². The van der Waals surface area contributed by atoms with E-state index in [1.807, 2.05) is 6.08 Å². The van der Waals surface area contributed by atoms with E-state index in [0.717, 1.165) is 12.8 Å². The van der Waals surface area contributed by atoms with Gasteiger partial charge in [-0.15, -0.1) is 0 Å². The van der Waals surface area contributed by atoms with Gasteiger partial charge in [-0.2, -0.15) is 0 Å². The Hall–Kier alpha value is -1.34. The minimum absolute atomic E-state index is 0.167. The number of hydrogen-bond donors (Lipinski definition) is 1. The lowest BCUT2D eigenvalue weighted by Crippen LogP contribution is -1.80. The first-order valence-corrected chi connectivity index (χ1v) is 7.60. The number of allylic oxidation sites excluding steroid dienone is 3. The van der Waals surface area contributed by atoms with E-state index in [-0.39, 0.29) is 6.61 Å². The molecule has 20 heavy (non-hydrogen) atoms. The highest BCUT2D eigenvalue weighted by Crippen LogP contribution is 2.20. The fourth-order valence-electron chi connectivity index (χ4n) is 2.36. The Bertz CT molecular complexity index is 428. The molecule has 0 aliphatic heterocycles. The SMILES string of the molecule is CC(C)=CCC/C(C)=C\CO.c1ccc2c(c1)CCC2. The van der Waals surface area contributed by atoms with Crippen LogP contribution in [-0.2, 0) is 12.8 Å². The van der Waals surface area contributed by atoms with Crippen molar-refractivity contribution < 1.29 is 5.11 Å². The Labute approximate surface area is 124 Å². The Kier molecular flexibility index (Phi) is 7.98. The molecular weight excluding hydrogens is 244 g/mol. The molecule has 0 bridgehead atoms. The van der Waals surface area contributed by atoms with Crippen LogP contribution in [-0.4, -0.2) is 11.7 Å². The van der Waals surface area contributed by atoms with Crippen molar-refractivity contribution in [2.24, 2.45) is 0 Å². The minimum Gasteiger partial charge on any atom is -0.392 e. The third-order valence-corrected chi connectivity index (χ3v) is 3.54. The van der Waals surface area contributed by atoms with Crippen molar-refractivity contribution in [1.82, 2.24) is 0 Å². The van der Waals surface area contributed by atoms with Crippen molar-refractivity contribution in [2.45, 2.75) is 52.9 Å². The molecule has 2 rings (SSSR count). The fourth-order valence-corrected chi connectivity index (χ4v) is 2.36. The van der Waals surface area contributed by atoms with Gasteiger partial charge in [0.05, 0.1) is 6.61 Å². The Morgan fingerprint density at radius 1 is 1.05 bits per heavy atom. The van der Waals surface area contributed by atoms with Crippen molar-refractivity contribution >= 4 is 0 Å². The van der Waals surface area contributed by atoms with Gasteiger partial charge in [0.2, 0.25) is 0 Å². The van der Waals surface area contributed by atoms with Gasteiger partial charge >= 0.3 is 0 Å². The molecule has 0 amide bonds. The van der Waals surface area contributed by atoms with E-state index in [9.17, 15) is 0 Å². The molecule has 0 fully saturated rings. The van der Waals surface area contributed by atoms with Crippen LogP contribution in [0.3, 0.4) is 0 Å². The third kappa shape index (κ3) is 6.72. The molecule has 0 atom stereocenters. The van der Waals surface area contributed by atoms with Crippen LogP contribution in [0.2, 0.25) is 0 Å². The average Bonchev–Trinajstić information content (AvgIpc) is 2.87. The fraction of sp³-hybridized carbons (Fsp3) is 0.474. The maximum Gasteiger partial charge on any atom is 0.0614 e. The number of aliphatic hydroxyl groups is 1. The van der Waals surface area contributed by atoms with Crippen molar-refractivity contribution in [2.75, 3.05) is 6.61 Å². The summed E-state index contributed by atoms with van der Waals surface area (Å²) in [5.41, 5.74) is 5.77. The van der Waals surface area contributed by atoms with Crippen LogP contribution < -0.4 is 0 Å². The monoisotopic (exact) mass is 272 g/mol. The zero-order valence-corrected chi connectivity index (χ0v) is 13.2. The highest BCUT2D eigenvalue weighted by Gasteiger charge is 2.07. The summed E-state index contributed by atoms with van der Waals surface area (Å²) in [6.45, 7) is 6.42. The first-order valence-electron chi connectivity index (χ1n) is 7.60. The van der Waals surface area contributed by atoms with E-state index < -0.39 is 0 Å². The maximum atomic E-state index is 8.55. The van der Waals surface area contributed by atoms with E-state index in [0.29, 0.717) is 0 Å². The van der Waals surface area contributed by atoms with Gasteiger partial charge in [0.1, 0.15) is 0 Å². The van der Waals surface area contributed by atoms with E-state index >= 15 is 0 Å². The van der Waals surface area contributed by atoms with Crippen molar-refractivity contribution in [1.29, 1.82) is 0 Å². The molecule has 1 aliphatic rings. The van der Waals surface area contributed by atoms with Gasteiger partial charge in [0.25, 0.3) is 0 Å². The van der Waals surface area contributed by atoms with Crippen molar-refractivity contribution in [3.8, 4) is 0 Å². The van der Waals surface area contributed by atoms with Crippen LogP contribution >= 0.6 is 0 Å². The van der Waals surface area contributed by atoms with Gasteiger partial charge < -0.3 is 5.11 Å². The second-order valence-corrected chi connectivity index (χ2v) is 5.68. The Morgan fingerprint density at radius 3 is 2.15 bits per heavy atom. The van der Waals surface area contributed by atoms with Crippen LogP contribution in [0.15, 0.2) is 47.6 Å². The molecule has 0 unspecified atom stereocenters. The molecule has 0 spiro atoms. The molecule has 110 valence electrons. The van der Waals surface area contributed by atoms with Gasteiger partial charge in [-0.3, -0.25) is 0 Å². The van der Waals surface area contributed by atoms with Crippen LogP contribution in [0.1, 0.15) is 51.2 Å². The summed E-state index contributed by atoms with van der Waals surface area (Å²) in [4.78, 5) is 0. The van der Waals surface area contributed by atoms with Crippen LogP contribution in [0.25, 0.3) is 0 Å². The van der Waals surface area contributed by atoms with E-state index in [4.69, 9.17) is 5.11 Å². The molecule has 0 heterocycles. The van der Waals surface area contributed by atoms with Gasteiger partial charge in [0.15, 0.2) is 0 Å². The average molecular weight is 272 g/mol. The number of fused-ring (bicyclic) bond motifs is 1. The predicted molar refractivity (Wildman–Crippen MR) is 88.0 cm³/mol. The summed E-state index contributed by atoms with van der Waals surface area (Å²) in [6.07, 6.45) is 10.2. The summed E-state index contributed by atoms with van der Waals surface area (Å²) >= 11 is 0. The summed E-state index contributed by atoms with van der Waals surface area (Å²) in [7, 11) is 0. The molecule has 0 aromatic heterocycles. The molecule has 1 aromatic carbocycles. The molecule has 0 radical (unpaired) electrons. The van der Waals surface area contributed by atoms with Gasteiger partial charge in [-0.05, 0) is 64.0 Å². The second-order valence-electron chi connectivity index (χ2n) is 5.68. The van der Waals surface area contributed by atoms with Crippen LogP contribution in [0.4, 0.5) is 0 Å². The lowest BCUT2D eigenvalue weighted by molar-refractivity contribution is 0.341. The lowest BCUT2D eigenvalue weighted by Gasteiger charge is -1.96. The first-order chi connectivity index (χ1) is 9.63. The molecule has 0 saturated heterocycles.